The number of aryl methyl sites for hydroxylation is 1. The highest BCUT2D eigenvalue weighted by molar-refractivity contribution is 8.01. The Bertz CT molecular complexity index is 6050. The minimum atomic E-state index is -0.237. The average Bonchev–Trinajstić information content (AvgIpc) is 1.63. The van der Waals surface area contributed by atoms with E-state index >= 15 is 0 Å². The molecule has 3 N–H and O–H groups in total. The maximum Gasteiger partial charge on any atom is 0.243 e. The molecule has 1 aliphatic heterocycles. The first kappa shape index (κ1) is 79.3. The summed E-state index contributed by atoms with van der Waals surface area (Å²) in [6.07, 6.45) is 9.27. The van der Waals surface area contributed by atoms with Crippen molar-refractivity contribution in [2.45, 2.75) is 81.0 Å². The minimum Gasteiger partial charge on any atom is -0.450 e. The summed E-state index contributed by atoms with van der Waals surface area (Å²) in [6.45, 7) is 11.8. The standard InChI is InChI=1S/C21H20N4O2.C20H18N2O2S.C18H16N2O2S2.C15H14N4S.C12H8ClN3S/c1-3-14-8-4-6-10-16(14)24-18(26)12-25(2)21-20-19(22-13-23-21)15-9-5-7-11-17(15)27-20;1-13(23)16-7-5-6-15(10-16)11-19(24)14(2)25-20-17-8-3-4-9-18(17)21-12-22-20;1-11(21)14-5-3-4-13(8-14)9-16(22)12(2)24-18-17-15(6-7-23-17)19-10-20-18;1-2-4-13-11(3-1)9-19(7-6-16-13)14-12-5-8-20-15(12)18-10-17-14;13-8-1-3-9(4-2-8)16-11-10-5-6-17-12(10)15-7-14-11/h4-11,13H,3,12H2,1-2H3,(H,24,26);3-10,12,14H,11H2,1-2H3;3-8,10,12H,9H2,1-2H3;1-5,8,10,16H,6-7,9H2;1-7H,(H,14,15,16). The van der Waals surface area contributed by atoms with Crippen LogP contribution in [0.5, 0.6) is 0 Å². The van der Waals surface area contributed by atoms with E-state index in [-0.39, 0.29) is 46.1 Å². The molecule has 0 fully saturated rings. The molecule has 1 aliphatic rings. The molecule has 0 saturated heterocycles. The van der Waals surface area contributed by atoms with E-state index in [1.165, 1.54) is 67.6 Å². The van der Waals surface area contributed by atoms with E-state index < -0.39 is 0 Å². The number of benzene rings is 7. The smallest absolute Gasteiger partial charge is 0.243 e. The molecular weight excluding hydrogens is 1530 g/mol. The van der Waals surface area contributed by atoms with E-state index in [9.17, 15) is 24.0 Å². The van der Waals surface area contributed by atoms with Gasteiger partial charge in [0.2, 0.25) is 5.91 Å². The van der Waals surface area contributed by atoms with Crippen molar-refractivity contribution in [2.24, 2.45) is 0 Å². The maximum atomic E-state index is 12.6. The summed E-state index contributed by atoms with van der Waals surface area (Å²) < 4.78 is 6.96. The van der Waals surface area contributed by atoms with Gasteiger partial charge in [0.15, 0.2) is 23.0 Å². The molecule has 2 unspecified atom stereocenters. The van der Waals surface area contributed by atoms with Gasteiger partial charge < -0.3 is 30.2 Å². The number of Topliss-reactive ketones (excluding diaryl/α,β-unsaturated/α-hetero) is 4. The molecule has 0 aliphatic carbocycles. The van der Waals surface area contributed by atoms with Crippen LogP contribution < -0.4 is 25.8 Å². The lowest BCUT2D eigenvalue weighted by molar-refractivity contribution is -0.118. The van der Waals surface area contributed by atoms with Gasteiger partial charge in [-0.1, -0.05) is 145 Å². The Kier molecular flexibility index (Phi) is 26.6. The predicted octanol–water partition coefficient (Wildman–Crippen LogP) is 19.5. The third kappa shape index (κ3) is 20.3. The number of amides is 1. The minimum absolute atomic E-state index is 0.00387. The Hall–Kier alpha value is -11.8. The number of aromatic nitrogens is 10. The molecule has 9 aromatic heterocycles. The molecule has 17 rings (SSSR count). The number of thiophene rings is 3. The van der Waals surface area contributed by atoms with Gasteiger partial charge in [0.25, 0.3) is 0 Å². The zero-order valence-electron chi connectivity index (χ0n) is 62.4. The highest BCUT2D eigenvalue weighted by Crippen LogP contribution is 2.36. The summed E-state index contributed by atoms with van der Waals surface area (Å²) >= 11 is 13.6. The third-order valence-corrected chi connectivity index (χ3v) is 23.4. The Morgan fingerprint density at radius 1 is 0.584 bits per heavy atom. The number of rotatable bonds is 20. The van der Waals surface area contributed by atoms with Crippen molar-refractivity contribution in [3.63, 3.8) is 0 Å². The van der Waals surface area contributed by atoms with E-state index in [0.717, 1.165) is 139 Å². The summed E-state index contributed by atoms with van der Waals surface area (Å²) in [5.74, 6) is 2.57. The van der Waals surface area contributed by atoms with Crippen molar-refractivity contribution in [1.29, 1.82) is 0 Å². The average molecular weight is 1610 g/mol. The Morgan fingerprint density at radius 3 is 1.91 bits per heavy atom. The Balaban J connectivity index is 0.000000124. The van der Waals surface area contributed by atoms with Gasteiger partial charge in [-0.2, -0.15) is 0 Å². The van der Waals surface area contributed by atoms with Crippen LogP contribution in [0.2, 0.25) is 5.02 Å². The quantitative estimate of drug-likeness (QED) is 0.0363. The third-order valence-electron chi connectivity index (χ3n) is 18.2. The number of fused-ring (bicyclic) bond motifs is 8. The van der Waals surface area contributed by atoms with Gasteiger partial charge in [-0.25, -0.2) is 49.8 Å². The van der Waals surface area contributed by atoms with Gasteiger partial charge in [-0.3, -0.25) is 24.0 Å². The first-order chi connectivity index (χ1) is 55.0. The summed E-state index contributed by atoms with van der Waals surface area (Å²) in [5.41, 5.74) is 12.3. The fourth-order valence-corrected chi connectivity index (χ4v) is 16.7. The van der Waals surface area contributed by atoms with Crippen LogP contribution in [-0.4, -0.2) is 116 Å². The second kappa shape index (κ2) is 38.0. The predicted molar refractivity (Wildman–Crippen MR) is 460 cm³/mol. The lowest BCUT2D eigenvalue weighted by Crippen LogP contribution is -2.31. The van der Waals surface area contributed by atoms with Gasteiger partial charge in [-0.15, -0.1) is 34.0 Å². The number of carbonyl (C=O) groups is 5. The molecule has 0 spiro atoms. The van der Waals surface area contributed by atoms with E-state index in [2.05, 4.69) is 113 Å². The molecule has 0 bridgehead atoms. The summed E-state index contributed by atoms with van der Waals surface area (Å²) in [6, 6.07) is 59.9. The lowest BCUT2D eigenvalue weighted by Gasteiger charge is -2.21. The monoisotopic (exact) mass is 1610 g/mol. The van der Waals surface area contributed by atoms with Crippen LogP contribution in [0.4, 0.5) is 34.5 Å². The number of nitrogens with zero attached hydrogens (tertiary/aromatic N) is 12. The molecule has 27 heteroatoms. The number of carbonyl (C=O) groups excluding carboxylic acids is 5. The topological polar surface area (TPSA) is 270 Å². The maximum absolute atomic E-state index is 12.6. The normalized spacial score (nSPS) is 12.1. The van der Waals surface area contributed by atoms with Crippen molar-refractivity contribution in [1.82, 2.24) is 49.8 Å². The van der Waals surface area contributed by atoms with Crippen LogP contribution in [0.15, 0.2) is 250 Å². The van der Waals surface area contributed by atoms with Crippen LogP contribution in [-0.2, 0) is 40.2 Å². The van der Waals surface area contributed by atoms with Crippen LogP contribution in [0.3, 0.4) is 0 Å². The second-order valence-electron chi connectivity index (χ2n) is 26.1. The summed E-state index contributed by atoms with van der Waals surface area (Å²) in [7, 11) is 1.82. The molecule has 21 nitrogen and oxygen atoms in total. The fourth-order valence-electron chi connectivity index (χ4n) is 12.3. The number of likely N-dealkylation sites (N-methyl/N-ethyl adjacent to an activating group) is 1. The molecule has 7 aromatic carbocycles. The number of para-hydroxylation sites is 4. The van der Waals surface area contributed by atoms with Gasteiger partial charge in [0, 0.05) is 83.5 Å². The van der Waals surface area contributed by atoms with E-state index in [1.807, 2.05) is 165 Å². The molecular formula is C86H76ClN15O6S5. The number of anilines is 6. The summed E-state index contributed by atoms with van der Waals surface area (Å²) in [4.78, 5) is 110. The number of ketones is 4. The van der Waals surface area contributed by atoms with Crippen molar-refractivity contribution in [3.8, 4) is 0 Å². The van der Waals surface area contributed by atoms with Crippen LogP contribution in [0.25, 0.3) is 63.6 Å². The molecule has 0 saturated carbocycles. The van der Waals surface area contributed by atoms with Crippen LogP contribution in [0.1, 0.15) is 77.6 Å². The number of halogens is 1. The van der Waals surface area contributed by atoms with Gasteiger partial charge >= 0.3 is 0 Å². The molecule has 10 heterocycles. The van der Waals surface area contributed by atoms with E-state index in [0.29, 0.717) is 35.4 Å². The number of hydrogen-bond acceptors (Lipinski definition) is 25. The molecule has 113 heavy (non-hydrogen) atoms. The lowest BCUT2D eigenvalue weighted by atomic mass is 10.0. The van der Waals surface area contributed by atoms with Gasteiger partial charge in [0.05, 0.1) is 43.6 Å². The zero-order chi connectivity index (χ0) is 78.7. The zero-order valence-corrected chi connectivity index (χ0v) is 67.2. The van der Waals surface area contributed by atoms with E-state index in [1.54, 1.807) is 75.8 Å². The first-order valence-corrected chi connectivity index (χ1v) is 40.9. The molecule has 2 atom stereocenters. The van der Waals surface area contributed by atoms with Crippen molar-refractivity contribution < 1.29 is 28.4 Å². The number of furan rings is 1. The van der Waals surface area contributed by atoms with Gasteiger partial charge in [0.1, 0.15) is 85.7 Å². The van der Waals surface area contributed by atoms with Crippen molar-refractivity contribution in [2.75, 3.05) is 52.4 Å². The largest absolute Gasteiger partial charge is 0.450 e. The summed E-state index contributed by atoms with van der Waals surface area (Å²) in [5, 5.41) is 21.8. The Labute approximate surface area is 677 Å². The first-order valence-electron chi connectivity index (χ1n) is 36.1. The SMILES string of the molecule is CC(=O)c1cccc(CC(=O)C(C)Sc2ncnc3ccccc23)c1.CC(=O)c1cccc(CC(=O)C(C)Sc2ncnc3ccsc23)c1.CCc1ccccc1NC(=O)CN(C)c1ncnc2c1oc1ccccc12.Clc1ccc(Nc2ncnc3sccc23)cc1.c1ccc2c(c1)CN(c1ncnc3sccc13)CCN2. The fraction of sp³-hybridized carbons (Fsp3) is 0.174. The van der Waals surface area contributed by atoms with E-state index in [4.69, 9.17) is 16.0 Å². The number of nitrogens with one attached hydrogen (secondary N) is 3. The highest BCUT2D eigenvalue weighted by Gasteiger charge is 2.23. The van der Waals surface area contributed by atoms with Crippen LogP contribution >= 0.6 is 69.1 Å². The Morgan fingerprint density at radius 2 is 1.19 bits per heavy atom. The molecule has 568 valence electrons. The molecule has 0 radical (unpaired) electrons. The van der Waals surface area contributed by atoms with Gasteiger partial charge in [-0.05, 0) is 157 Å². The van der Waals surface area contributed by atoms with Crippen LogP contribution in [0, 0.1) is 0 Å². The molecule has 16 aromatic rings. The number of hydrogen-bond donors (Lipinski definition) is 3. The van der Waals surface area contributed by atoms with Crippen molar-refractivity contribution >= 4 is 196 Å². The number of thioether (sulfide) groups is 2. The molecule has 1 amide bonds. The second-order valence-corrected chi connectivity index (χ2v) is 31.9. The highest BCUT2D eigenvalue weighted by atomic mass is 35.5. The van der Waals surface area contributed by atoms with Crippen molar-refractivity contribution in [3.05, 3.63) is 274 Å².